The molecule has 132 valence electrons. The molecule has 3 aromatic rings. The zero-order chi connectivity index (χ0) is 17.9. The van der Waals surface area contributed by atoms with Gasteiger partial charge in [0, 0.05) is 24.6 Å². The van der Waals surface area contributed by atoms with Gasteiger partial charge in [0.2, 0.25) is 0 Å². The first-order valence-corrected chi connectivity index (χ1v) is 8.45. The highest BCUT2D eigenvalue weighted by atomic mass is 16.5. The zero-order valence-corrected chi connectivity index (χ0v) is 14.0. The third-order valence-electron chi connectivity index (χ3n) is 4.36. The number of ether oxygens (including phenoxy) is 1. The van der Waals surface area contributed by atoms with E-state index in [-0.39, 0.29) is 18.1 Å². The Kier molecular flexibility index (Phi) is 4.41. The highest BCUT2D eigenvalue weighted by molar-refractivity contribution is 5.93. The lowest BCUT2D eigenvalue weighted by molar-refractivity contribution is 0.0907. The van der Waals surface area contributed by atoms with Gasteiger partial charge in [-0.25, -0.2) is 0 Å². The molecular formula is C20H18N2O4. The van der Waals surface area contributed by atoms with Crippen molar-refractivity contribution in [1.82, 2.24) is 10.5 Å². The summed E-state index contributed by atoms with van der Waals surface area (Å²) < 4.78 is 10.7. The highest BCUT2D eigenvalue weighted by Crippen LogP contribution is 2.28. The van der Waals surface area contributed by atoms with Gasteiger partial charge in [-0.05, 0) is 23.3 Å². The first-order chi connectivity index (χ1) is 12.7. The highest BCUT2D eigenvalue weighted by Gasteiger charge is 2.18. The Bertz CT molecular complexity index is 921. The van der Waals surface area contributed by atoms with Crippen molar-refractivity contribution < 1.29 is 19.2 Å². The number of benzene rings is 2. The molecule has 0 saturated carbocycles. The minimum Gasteiger partial charge on any atom is -0.493 e. The molecule has 0 aliphatic carbocycles. The predicted octanol–water partition coefficient (Wildman–Crippen LogP) is 2.74. The Hall–Kier alpha value is -3.12. The number of carbonyl (C=O) groups excluding carboxylic acids is 1. The number of hydrogen-bond donors (Lipinski definition) is 2. The quantitative estimate of drug-likeness (QED) is 0.739. The third kappa shape index (κ3) is 3.32. The summed E-state index contributed by atoms with van der Waals surface area (Å²) in [7, 11) is 0. The normalized spacial score (nSPS) is 13.7. The van der Waals surface area contributed by atoms with Crippen molar-refractivity contribution in [1.29, 1.82) is 0 Å². The van der Waals surface area contributed by atoms with Crippen LogP contribution in [-0.4, -0.2) is 29.3 Å². The summed E-state index contributed by atoms with van der Waals surface area (Å²) in [6.07, 6.45) is 0.0362. The third-order valence-corrected chi connectivity index (χ3v) is 4.36. The predicted molar refractivity (Wildman–Crippen MR) is 94.9 cm³/mol. The van der Waals surface area contributed by atoms with Crippen molar-refractivity contribution in [3.05, 3.63) is 71.4 Å². The zero-order valence-electron chi connectivity index (χ0n) is 14.0. The fourth-order valence-corrected chi connectivity index (χ4v) is 2.93. The summed E-state index contributed by atoms with van der Waals surface area (Å²) in [6, 6.07) is 16.6. The van der Waals surface area contributed by atoms with Crippen LogP contribution in [0.25, 0.3) is 11.3 Å². The second kappa shape index (κ2) is 7.01. The second-order valence-electron chi connectivity index (χ2n) is 6.13. The van der Waals surface area contributed by atoms with Crippen LogP contribution >= 0.6 is 0 Å². The molecule has 6 heteroatoms. The smallest absolute Gasteiger partial charge is 0.273 e. The van der Waals surface area contributed by atoms with Crippen molar-refractivity contribution in [3.63, 3.8) is 0 Å². The largest absolute Gasteiger partial charge is 0.493 e. The summed E-state index contributed by atoms with van der Waals surface area (Å²) in [4.78, 5) is 12.2. The molecule has 1 aliphatic rings. The van der Waals surface area contributed by atoms with Gasteiger partial charge in [-0.2, -0.15) is 0 Å². The van der Waals surface area contributed by atoms with Crippen LogP contribution in [0.15, 0.2) is 59.1 Å². The Morgan fingerprint density at radius 3 is 2.88 bits per heavy atom. The summed E-state index contributed by atoms with van der Waals surface area (Å²) in [5, 5.41) is 16.8. The lowest BCUT2D eigenvalue weighted by atomic mass is 10.0. The van der Waals surface area contributed by atoms with Gasteiger partial charge in [-0.1, -0.05) is 41.6 Å². The van der Waals surface area contributed by atoms with Crippen LogP contribution in [-0.2, 0) is 6.42 Å². The van der Waals surface area contributed by atoms with Gasteiger partial charge in [-0.3, -0.25) is 4.79 Å². The number of nitrogens with one attached hydrogen (secondary N) is 1. The van der Waals surface area contributed by atoms with E-state index >= 15 is 0 Å². The fourth-order valence-electron chi connectivity index (χ4n) is 2.93. The molecule has 2 N–H and O–H groups in total. The molecule has 1 atom stereocenters. The van der Waals surface area contributed by atoms with E-state index in [0.717, 1.165) is 28.9 Å². The number of aromatic nitrogens is 1. The Morgan fingerprint density at radius 2 is 2.04 bits per heavy atom. The number of aliphatic hydroxyl groups excluding tert-OH is 1. The number of hydrogen-bond acceptors (Lipinski definition) is 5. The Morgan fingerprint density at radius 1 is 1.19 bits per heavy atom. The van der Waals surface area contributed by atoms with Gasteiger partial charge in [0.05, 0.1) is 12.7 Å². The summed E-state index contributed by atoms with van der Waals surface area (Å²) >= 11 is 0. The molecule has 4 rings (SSSR count). The maximum absolute atomic E-state index is 12.2. The summed E-state index contributed by atoms with van der Waals surface area (Å²) in [6.45, 7) is 0.757. The van der Waals surface area contributed by atoms with Crippen molar-refractivity contribution in [3.8, 4) is 17.1 Å². The van der Waals surface area contributed by atoms with Crippen molar-refractivity contribution in [2.75, 3.05) is 13.2 Å². The van der Waals surface area contributed by atoms with Gasteiger partial charge >= 0.3 is 0 Å². The van der Waals surface area contributed by atoms with Gasteiger partial charge in [-0.15, -0.1) is 0 Å². The van der Waals surface area contributed by atoms with E-state index in [9.17, 15) is 9.90 Å². The number of nitrogens with zero attached hydrogens (tertiary/aromatic N) is 1. The van der Waals surface area contributed by atoms with Crippen LogP contribution in [0, 0.1) is 0 Å². The van der Waals surface area contributed by atoms with E-state index in [1.807, 2.05) is 48.5 Å². The van der Waals surface area contributed by atoms with Crippen LogP contribution in [0.2, 0.25) is 0 Å². The fraction of sp³-hybridized carbons (Fsp3) is 0.200. The van der Waals surface area contributed by atoms with Crippen LogP contribution in [0.4, 0.5) is 0 Å². The monoisotopic (exact) mass is 350 g/mol. The average molecular weight is 350 g/mol. The first-order valence-electron chi connectivity index (χ1n) is 8.45. The summed E-state index contributed by atoms with van der Waals surface area (Å²) in [5.74, 6) is 0.996. The van der Waals surface area contributed by atoms with Crippen LogP contribution in [0.3, 0.4) is 0 Å². The maximum Gasteiger partial charge on any atom is 0.273 e. The van der Waals surface area contributed by atoms with Gasteiger partial charge in [0.15, 0.2) is 11.5 Å². The standard InChI is InChI=1S/C20H18N2O4/c23-17(14-6-7-18-15(10-14)8-9-25-18)12-21-20(24)16-11-19(26-22-16)13-4-2-1-3-5-13/h1-7,10-11,17,23H,8-9,12H2,(H,21,24). The molecule has 6 nitrogen and oxygen atoms in total. The maximum atomic E-state index is 12.2. The molecule has 2 aromatic carbocycles. The van der Waals surface area contributed by atoms with E-state index in [1.165, 1.54) is 0 Å². The van der Waals surface area contributed by atoms with Crippen LogP contribution in [0.1, 0.15) is 27.7 Å². The molecular weight excluding hydrogens is 332 g/mol. The topological polar surface area (TPSA) is 84.6 Å². The average Bonchev–Trinajstić information content (AvgIpc) is 3.35. The lowest BCUT2D eigenvalue weighted by Gasteiger charge is -2.12. The molecule has 1 aliphatic heterocycles. The van der Waals surface area contributed by atoms with Crippen molar-refractivity contribution >= 4 is 5.91 Å². The number of amides is 1. The number of aliphatic hydroxyl groups is 1. The molecule has 0 bridgehead atoms. The van der Waals surface area contributed by atoms with Gasteiger partial charge in [0.25, 0.3) is 5.91 Å². The summed E-state index contributed by atoms with van der Waals surface area (Å²) in [5.41, 5.74) is 2.86. The molecule has 2 heterocycles. The first kappa shape index (κ1) is 16.4. The molecule has 1 aromatic heterocycles. The van der Waals surface area contributed by atoms with Crippen molar-refractivity contribution in [2.45, 2.75) is 12.5 Å². The van der Waals surface area contributed by atoms with E-state index in [1.54, 1.807) is 6.07 Å². The number of rotatable bonds is 5. The number of carbonyl (C=O) groups is 1. The van der Waals surface area contributed by atoms with Crippen LogP contribution < -0.4 is 10.1 Å². The molecule has 26 heavy (non-hydrogen) atoms. The van der Waals surface area contributed by atoms with Crippen LogP contribution in [0.5, 0.6) is 5.75 Å². The van der Waals surface area contributed by atoms with E-state index < -0.39 is 6.10 Å². The second-order valence-corrected chi connectivity index (χ2v) is 6.13. The number of fused-ring (bicyclic) bond motifs is 1. The molecule has 0 saturated heterocycles. The Labute approximate surface area is 150 Å². The SMILES string of the molecule is O=C(NCC(O)c1ccc2c(c1)CCO2)c1cc(-c2ccccc2)on1. The van der Waals surface area contributed by atoms with Crippen molar-refractivity contribution in [2.24, 2.45) is 0 Å². The minimum atomic E-state index is -0.801. The van der Waals surface area contributed by atoms with E-state index in [4.69, 9.17) is 9.26 Å². The molecule has 0 radical (unpaired) electrons. The van der Waals surface area contributed by atoms with Gasteiger partial charge < -0.3 is 19.7 Å². The molecule has 0 fully saturated rings. The molecule has 1 unspecified atom stereocenters. The van der Waals surface area contributed by atoms with E-state index in [2.05, 4.69) is 10.5 Å². The van der Waals surface area contributed by atoms with Gasteiger partial charge in [0.1, 0.15) is 5.75 Å². The lowest BCUT2D eigenvalue weighted by Crippen LogP contribution is -2.28. The minimum absolute atomic E-state index is 0.0893. The Balaban J connectivity index is 1.39. The molecule has 0 spiro atoms. The molecule has 1 amide bonds. The van der Waals surface area contributed by atoms with E-state index in [0.29, 0.717) is 12.4 Å².